The van der Waals surface area contributed by atoms with Gasteiger partial charge in [-0.2, -0.15) is 0 Å². The summed E-state index contributed by atoms with van der Waals surface area (Å²) < 4.78 is 7.10. The molecule has 214 valence electrons. The second kappa shape index (κ2) is 11.8. The minimum atomic E-state index is -0.518. The first-order valence-corrected chi connectivity index (χ1v) is 14.3. The van der Waals surface area contributed by atoms with Crippen LogP contribution < -0.4 is 15.4 Å². The number of methoxy groups -OCH3 is 1. The van der Waals surface area contributed by atoms with Crippen molar-refractivity contribution in [2.24, 2.45) is 13.0 Å². The molecule has 2 saturated heterocycles. The summed E-state index contributed by atoms with van der Waals surface area (Å²) in [6.07, 6.45) is 9.19. The molecule has 2 aromatic heterocycles. The van der Waals surface area contributed by atoms with E-state index in [1.165, 1.54) is 0 Å². The molecule has 1 aliphatic carbocycles. The highest BCUT2D eigenvalue weighted by Gasteiger charge is 2.43. The van der Waals surface area contributed by atoms with E-state index < -0.39 is 6.04 Å². The van der Waals surface area contributed by atoms with Crippen molar-refractivity contribution in [2.75, 3.05) is 26.7 Å². The molecule has 2 amide bonds. The summed E-state index contributed by atoms with van der Waals surface area (Å²) in [5.74, 6) is 1.66. The van der Waals surface area contributed by atoms with E-state index in [0.717, 1.165) is 53.4 Å². The van der Waals surface area contributed by atoms with Gasteiger partial charge in [-0.3, -0.25) is 14.3 Å². The molecule has 0 bridgehead atoms. The van der Waals surface area contributed by atoms with Crippen LogP contribution in [0.15, 0.2) is 48.3 Å². The monoisotopic (exact) mass is 556 g/mol. The van der Waals surface area contributed by atoms with Gasteiger partial charge in [0.15, 0.2) is 0 Å². The highest BCUT2D eigenvalue weighted by Crippen LogP contribution is 2.31. The number of carbonyl (C=O) groups is 2. The van der Waals surface area contributed by atoms with Crippen molar-refractivity contribution in [3.8, 4) is 5.75 Å². The molecule has 6 rings (SSSR count). The maximum absolute atomic E-state index is 13.9. The van der Waals surface area contributed by atoms with Crippen LogP contribution in [0.5, 0.6) is 5.75 Å². The third-order valence-corrected chi connectivity index (χ3v) is 8.52. The fourth-order valence-corrected chi connectivity index (χ4v) is 6.30. The molecular weight excluding hydrogens is 520 g/mol. The maximum Gasteiger partial charge on any atom is 0.243 e. The van der Waals surface area contributed by atoms with Crippen LogP contribution in [0.4, 0.5) is 0 Å². The lowest BCUT2D eigenvalue weighted by Crippen LogP contribution is -2.51. The van der Waals surface area contributed by atoms with E-state index in [1.54, 1.807) is 35.2 Å². The van der Waals surface area contributed by atoms with E-state index in [2.05, 4.69) is 43.0 Å². The Hall–Kier alpha value is -4.12. The molecule has 2 fully saturated rings. The van der Waals surface area contributed by atoms with Crippen LogP contribution >= 0.6 is 0 Å². The third kappa shape index (κ3) is 5.85. The number of nitrogens with zero attached hydrogens (tertiary/aromatic N) is 6. The highest BCUT2D eigenvalue weighted by molar-refractivity contribution is 5.91. The minimum Gasteiger partial charge on any atom is -0.497 e. The first-order valence-electron chi connectivity index (χ1n) is 14.3. The molecule has 3 aromatic rings. The number of likely N-dealkylation sites (tertiary alicyclic amines) is 1. The molecule has 2 N–H and O–H groups in total. The predicted molar refractivity (Wildman–Crippen MR) is 152 cm³/mol. The zero-order chi connectivity index (χ0) is 28.3. The van der Waals surface area contributed by atoms with Crippen molar-refractivity contribution in [1.29, 1.82) is 0 Å². The number of benzene rings is 1. The second-order valence-corrected chi connectivity index (χ2v) is 11.2. The lowest BCUT2D eigenvalue weighted by Gasteiger charge is -2.27. The fraction of sp³-hybridized carbons (Fsp3) is 0.467. The SMILES string of the molecule is COc1ccc(C[C@H]2CC(C(=O)NCC3=Cc4nnn(C)c4CC3)N(C(=O)C3CC(c4ncccn4)CN3)C2)cc1. The van der Waals surface area contributed by atoms with Crippen molar-refractivity contribution in [2.45, 2.75) is 50.1 Å². The fourth-order valence-electron chi connectivity index (χ4n) is 6.30. The van der Waals surface area contributed by atoms with Crippen LogP contribution in [-0.4, -0.2) is 80.5 Å². The zero-order valence-corrected chi connectivity index (χ0v) is 23.5. The van der Waals surface area contributed by atoms with Crippen molar-refractivity contribution in [3.63, 3.8) is 0 Å². The lowest BCUT2D eigenvalue weighted by molar-refractivity contribution is -0.139. The van der Waals surface area contributed by atoms with Gasteiger partial charge in [-0.15, -0.1) is 5.10 Å². The first kappa shape index (κ1) is 27.1. The Morgan fingerprint density at radius 2 is 1.93 bits per heavy atom. The topological polar surface area (TPSA) is 127 Å². The van der Waals surface area contributed by atoms with Crippen LogP contribution in [0, 0.1) is 5.92 Å². The zero-order valence-electron chi connectivity index (χ0n) is 23.5. The van der Waals surface area contributed by atoms with E-state index in [4.69, 9.17) is 4.74 Å². The van der Waals surface area contributed by atoms with Crippen molar-refractivity contribution < 1.29 is 14.3 Å². The van der Waals surface area contributed by atoms with Crippen LogP contribution in [0.25, 0.3) is 6.08 Å². The standard InChI is InChI=1S/C30H36N8O3/c1-37-26-9-6-20(13-24(26)35-36-37)16-34-29(39)27-14-21(12-19-4-7-23(41-2)8-5-19)18-38(27)30(40)25-15-22(17-33-25)28-31-10-3-11-32-28/h3-5,7-8,10-11,13,21-22,25,27,33H,6,9,12,14-18H2,1-2H3,(H,34,39)/t21-,22?,25?,27?/m0/s1. The van der Waals surface area contributed by atoms with Gasteiger partial charge in [0.2, 0.25) is 11.8 Å². The summed E-state index contributed by atoms with van der Waals surface area (Å²) in [6, 6.07) is 8.92. The van der Waals surface area contributed by atoms with Crippen LogP contribution in [0.1, 0.15) is 48.0 Å². The molecule has 0 spiro atoms. The largest absolute Gasteiger partial charge is 0.497 e. The second-order valence-electron chi connectivity index (χ2n) is 11.2. The molecule has 11 heteroatoms. The molecule has 4 atom stereocenters. The summed E-state index contributed by atoms with van der Waals surface area (Å²) in [6.45, 7) is 1.61. The number of nitrogens with one attached hydrogen (secondary N) is 2. The smallest absolute Gasteiger partial charge is 0.243 e. The van der Waals surface area contributed by atoms with Gasteiger partial charge in [-0.1, -0.05) is 17.3 Å². The third-order valence-electron chi connectivity index (χ3n) is 8.52. The van der Waals surface area contributed by atoms with Gasteiger partial charge >= 0.3 is 0 Å². The number of rotatable bonds is 8. The van der Waals surface area contributed by atoms with Crippen molar-refractivity contribution in [1.82, 2.24) is 40.5 Å². The maximum atomic E-state index is 13.9. The normalized spacial score (nSPS) is 23.7. The Morgan fingerprint density at radius 1 is 1.12 bits per heavy atom. The molecule has 3 aliphatic rings. The molecule has 4 heterocycles. The Balaban J connectivity index is 1.15. The van der Waals surface area contributed by atoms with Crippen LogP contribution in [0.2, 0.25) is 0 Å². The van der Waals surface area contributed by atoms with Gasteiger partial charge in [0.25, 0.3) is 0 Å². The Labute approximate surface area is 239 Å². The number of amides is 2. The van der Waals surface area contributed by atoms with E-state index >= 15 is 0 Å². The predicted octanol–water partition coefficient (Wildman–Crippen LogP) is 1.67. The van der Waals surface area contributed by atoms with E-state index in [1.807, 2.05) is 25.3 Å². The number of hydrogen-bond acceptors (Lipinski definition) is 8. The van der Waals surface area contributed by atoms with Gasteiger partial charge in [-0.25, -0.2) is 9.97 Å². The van der Waals surface area contributed by atoms with Gasteiger partial charge < -0.3 is 20.3 Å². The molecule has 11 nitrogen and oxygen atoms in total. The van der Waals surface area contributed by atoms with E-state index in [-0.39, 0.29) is 29.7 Å². The molecule has 2 aliphatic heterocycles. The molecule has 41 heavy (non-hydrogen) atoms. The molecule has 1 aromatic carbocycles. The van der Waals surface area contributed by atoms with Gasteiger partial charge in [0, 0.05) is 45.0 Å². The molecule has 3 unspecified atom stereocenters. The number of carbonyl (C=O) groups excluding carboxylic acids is 2. The van der Waals surface area contributed by atoms with Crippen molar-refractivity contribution in [3.05, 3.63) is 71.1 Å². The Kier molecular flexibility index (Phi) is 7.78. The van der Waals surface area contributed by atoms with Crippen LogP contribution in [0.3, 0.4) is 0 Å². The highest BCUT2D eigenvalue weighted by atomic mass is 16.5. The number of hydrogen-bond donors (Lipinski definition) is 2. The summed E-state index contributed by atoms with van der Waals surface area (Å²) in [5, 5.41) is 14.8. The minimum absolute atomic E-state index is 0.0260. The molecule has 0 radical (unpaired) electrons. The number of fused-ring (bicyclic) bond motifs is 1. The van der Waals surface area contributed by atoms with Gasteiger partial charge in [0.1, 0.15) is 23.3 Å². The quantitative estimate of drug-likeness (QED) is 0.429. The summed E-state index contributed by atoms with van der Waals surface area (Å²) in [4.78, 5) is 38.0. The Bertz CT molecular complexity index is 1420. The summed E-state index contributed by atoms with van der Waals surface area (Å²) in [7, 11) is 3.55. The van der Waals surface area contributed by atoms with E-state index in [9.17, 15) is 9.59 Å². The average molecular weight is 557 g/mol. The first-order chi connectivity index (χ1) is 20.0. The summed E-state index contributed by atoms with van der Waals surface area (Å²) >= 11 is 0. The van der Waals surface area contributed by atoms with E-state index in [0.29, 0.717) is 32.5 Å². The average Bonchev–Trinajstić information content (AvgIpc) is 3.76. The number of aryl methyl sites for hydroxylation is 1. The van der Waals surface area contributed by atoms with Gasteiger partial charge in [0.05, 0.1) is 18.8 Å². The van der Waals surface area contributed by atoms with Gasteiger partial charge in [-0.05, 0) is 73.4 Å². The molecular formula is C30H36N8O3. The number of aromatic nitrogens is 5. The molecule has 0 saturated carbocycles. The summed E-state index contributed by atoms with van der Waals surface area (Å²) in [5.41, 5.74) is 4.25. The van der Waals surface area contributed by atoms with Crippen molar-refractivity contribution >= 4 is 17.9 Å². The van der Waals surface area contributed by atoms with Crippen LogP contribution in [-0.2, 0) is 29.5 Å². The number of ether oxygens (including phenoxy) is 1. The lowest BCUT2D eigenvalue weighted by atomic mass is 9.96. The Morgan fingerprint density at radius 3 is 2.71 bits per heavy atom.